The number of anilines is 1. The van der Waals surface area contributed by atoms with Crippen molar-refractivity contribution < 1.29 is 0 Å². The summed E-state index contributed by atoms with van der Waals surface area (Å²) in [6, 6.07) is 5.29. The molecule has 2 fully saturated rings. The van der Waals surface area contributed by atoms with Gasteiger partial charge < -0.3 is 15.6 Å². The molecule has 8 heteroatoms. The van der Waals surface area contributed by atoms with Gasteiger partial charge >= 0.3 is 0 Å². The van der Waals surface area contributed by atoms with Crippen LogP contribution in [-0.4, -0.2) is 38.1 Å². The predicted molar refractivity (Wildman–Crippen MR) is 114 cm³/mol. The monoisotopic (exact) mass is 410 g/mol. The van der Waals surface area contributed by atoms with Gasteiger partial charge in [0.2, 0.25) is 0 Å². The summed E-state index contributed by atoms with van der Waals surface area (Å²) in [6.07, 6.45) is 8.31. The van der Waals surface area contributed by atoms with E-state index in [4.69, 9.17) is 27.3 Å². The van der Waals surface area contributed by atoms with Gasteiger partial charge in [-0.05, 0) is 31.7 Å². The number of H-pyrrole nitrogens is 1. The van der Waals surface area contributed by atoms with Gasteiger partial charge in [-0.1, -0.05) is 17.7 Å². The molecule has 0 spiro atoms. The minimum atomic E-state index is 0.311. The molecule has 142 valence electrons. The molecule has 2 saturated heterocycles. The number of hydrogen-bond donors (Lipinski definition) is 2. The molecule has 2 aliphatic rings. The Bertz CT molecular complexity index is 1190. The third-order valence-electron chi connectivity index (χ3n) is 6.13. The second-order valence-electron chi connectivity index (χ2n) is 7.78. The number of halogens is 1. The zero-order chi connectivity index (χ0) is 18.8. The summed E-state index contributed by atoms with van der Waals surface area (Å²) in [5, 5.41) is 0.717. The van der Waals surface area contributed by atoms with Gasteiger partial charge in [0.05, 0.1) is 26.9 Å². The van der Waals surface area contributed by atoms with Gasteiger partial charge in [-0.15, -0.1) is 11.3 Å². The maximum atomic E-state index is 6.68. The van der Waals surface area contributed by atoms with E-state index in [1.807, 2.05) is 30.0 Å². The van der Waals surface area contributed by atoms with Crippen molar-refractivity contribution in [1.82, 2.24) is 19.9 Å². The van der Waals surface area contributed by atoms with Crippen LogP contribution < -0.4 is 10.6 Å². The van der Waals surface area contributed by atoms with Crippen molar-refractivity contribution in [2.24, 2.45) is 5.73 Å². The van der Waals surface area contributed by atoms with E-state index in [0.29, 0.717) is 18.1 Å². The van der Waals surface area contributed by atoms with E-state index in [1.165, 1.54) is 12.8 Å². The first kappa shape index (κ1) is 16.7. The Kier molecular flexibility index (Phi) is 3.66. The summed E-state index contributed by atoms with van der Waals surface area (Å²) < 4.78 is 0.999. The molecule has 0 amide bonds. The average molecular weight is 411 g/mol. The molecule has 6 rings (SSSR count). The topological polar surface area (TPSA) is 83.7 Å². The van der Waals surface area contributed by atoms with Gasteiger partial charge in [0, 0.05) is 35.4 Å². The second-order valence-corrected chi connectivity index (χ2v) is 9.01. The highest BCUT2D eigenvalue weighted by Crippen LogP contribution is 2.40. The van der Waals surface area contributed by atoms with E-state index < -0.39 is 0 Å². The van der Waals surface area contributed by atoms with Crippen LogP contribution in [-0.2, 0) is 0 Å². The lowest BCUT2D eigenvalue weighted by molar-refractivity contribution is 0.412. The minimum Gasteiger partial charge on any atom is -0.349 e. The summed E-state index contributed by atoms with van der Waals surface area (Å²) in [6.45, 7) is 0. The number of nitrogens with zero attached hydrogens (tertiary/aromatic N) is 4. The molecule has 1 aromatic carbocycles. The maximum Gasteiger partial charge on any atom is 0.159 e. The molecule has 6 nitrogen and oxygen atoms in total. The highest BCUT2D eigenvalue weighted by molar-refractivity contribution is 7.17. The van der Waals surface area contributed by atoms with E-state index in [-0.39, 0.29) is 0 Å². The fourth-order valence-corrected chi connectivity index (χ4v) is 6.03. The van der Waals surface area contributed by atoms with E-state index in [2.05, 4.69) is 14.9 Å². The van der Waals surface area contributed by atoms with Gasteiger partial charge in [0.15, 0.2) is 5.65 Å². The summed E-state index contributed by atoms with van der Waals surface area (Å²) in [5.74, 6) is 0.948. The van der Waals surface area contributed by atoms with E-state index in [9.17, 15) is 0 Å². The van der Waals surface area contributed by atoms with Crippen LogP contribution in [0.2, 0.25) is 5.02 Å². The number of nitrogens with one attached hydrogen (secondary N) is 1. The first-order valence-corrected chi connectivity index (χ1v) is 10.8. The Labute approximate surface area is 170 Å². The molecular weight excluding hydrogens is 392 g/mol. The van der Waals surface area contributed by atoms with Crippen LogP contribution in [0.1, 0.15) is 25.7 Å². The zero-order valence-electron chi connectivity index (χ0n) is 15.1. The molecule has 5 heterocycles. The highest BCUT2D eigenvalue weighted by Gasteiger charge is 2.40. The Morgan fingerprint density at radius 1 is 1.14 bits per heavy atom. The van der Waals surface area contributed by atoms with Gasteiger partial charge in [0.1, 0.15) is 11.3 Å². The van der Waals surface area contributed by atoms with E-state index in [1.54, 1.807) is 11.3 Å². The number of thiazole rings is 1. The number of fused-ring (bicyclic) bond motifs is 4. The SMILES string of the molecule is NC1C[C@H]2CC[C@@H](C1)N2c1cnc2c(-c3ccc4ncsc4c3Cl)c[nH]c2n1. The Morgan fingerprint density at radius 3 is 2.79 bits per heavy atom. The third kappa shape index (κ3) is 2.40. The van der Waals surface area contributed by atoms with Crippen LogP contribution in [0, 0.1) is 0 Å². The van der Waals surface area contributed by atoms with Crippen molar-refractivity contribution in [3.8, 4) is 11.1 Å². The highest BCUT2D eigenvalue weighted by atomic mass is 35.5. The van der Waals surface area contributed by atoms with Crippen LogP contribution in [0.4, 0.5) is 5.82 Å². The molecule has 1 unspecified atom stereocenters. The second kappa shape index (κ2) is 6.14. The van der Waals surface area contributed by atoms with Gasteiger partial charge in [-0.2, -0.15) is 0 Å². The molecule has 0 saturated carbocycles. The van der Waals surface area contributed by atoms with E-state index >= 15 is 0 Å². The van der Waals surface area contributed by atoms with Crippen molar-refractivity contribution in [3.05, 3.63) is 35.1 Å². The Hall–Kier alpha value is -2.22. The quantitative estimate of drug-likeness (QED) is 0.513. The number of aromatic nitrogens is 4. The molecule has 0 aliphatic carbocycles. The number of aromatic amines is 1. The Balaban J connectivity index is 1.43. The van der Waals surface area contributed by atoms with Crippen molar-refractivity contribution in [2.45, 2.75) is 43.8 Å². The number of rotatable bonds is 2. The molecular formula is C20H19ClN6S. The number of benzene rings is 1. The molecule has 3 atom stereocenters. The number of piperidine rings is 1. The molecule has 3 N–H and O–H groups in total. The first-order chi connectivity index (χ1) is 13.7. The summed E-state index contributed by atoms with van der Waals surface area (Å²) in [5.41, 5.74) is 12.5. The normalized spacial score (nSPS) is 24.5. The first-order valence-electron chi connectivity index (χ1n) is 9.59. The molecule has 28 heavy (non-hydrogen) atoms. The van der Waals surface area contributed by atoms with Gasteiger partial charge in [-0.25, -0.2) is 15.0 Å². The molecule has 3 aromatic heterocycles. The fraction of sp³-hybridized carbons (Fsp3) is 0.350. The Morgan fingerprint density at radius 2 is 1.96 bits per heavy atom. The van der Waals surface area contributed by atoms with E-state index in [0.717, 1.165) is 56.2 Å². The molecule has 2 bridgehead atoms. The number of hydrogen-bond acceptors (Lipinski definition) is 6. The van der Waals surface area contributed by atoms with Crippen LogP contribution in [0.5, 0.6) is 0 Å². The lowest BCUT2D eigenvalue weighted by Crippen LogP contribution is -2.47. The molecule has 2 aliphatic heterocycles. The van der Waals surface area contributed by atoms with Crippen molar-refractivity contribution in [1.29, 1.82) is 0 Å². The van der Waals surface area contributed by atoms with Gasteiger partial charge in [0.25, 0.3) is 0 Å². The lowest BCUT2D eigenvalue weighted by atomic mass is 9.98. The zero-order valence-corrected chi connectivity index (χ0v) is 16.7. The van der Waals surface area contributed by atoms with Crippen LogP contribution in [0.25, 0.3) is 32.5 Å². The largest absolute Gasteiger partial charge is 0.349 e. The van der Waals surface area contributed by atoms with Crippen LogP contribution in [0.15, 0.2) is 30.0 Å². The van der Waals surface area contributed by atoms with Crippen LogP contribution >= 0.6 is 22.9 Å². The molecule has 0 radical (unpaired) electrons. The minimum absolute atomic E-state index is 0.311. The third-order valence-corrected chi connectivity index (χ3v) is 7.50. The van der Waals surface area contributed by atoms with Crippen LogP contribution in [0.3, 0.4) is 0 Å². The summed E-state index contributed by atoms with van der Waals surface area (Å²) >= 11 is 8.23. The molecule has 4 aromatic rings. The average Bonchev–Trinajstić information content (AvgIpc) is 3.38. The standard InChI is InChI=1S/C20H19ClN6S/c21-17-13(3-4-15-19(17)28-9-25-15)14-7-24-20-18(14)23-8-16(26-20)27-11-1-2-12(27)6-10(22)5-11/h3-4,7-12H,1-2,5-6,22H2,(H,24,26)/t10?,11-,12+. The lowest BCUT2D eigenvalue weighted by Gasteiger charge is -2.38. The van der Waals surface area contributed by atoms with Gasteiger partial charge in [-0.3, -0.25) is 0 Å². The smallest absolute Gasteiger partial charge is 0.159 e. The predicted octanol–water partition coefficient (Wildman–Crippen LogP) is 4.35. The summed E-state index contributed by atoms with van der Waals surface area (Å²) in [7, 11) is 0. The maximum absolute atomic E-state index is 6.68. The van der Waals surface area contributed by atoms with Crippen molar-refractivity contribution >= 4 is 50.1 Å². The fourth-order valence-electron chi connectivity index (χ4n) is 4.91. The van der Waals surface area contributed by atoms with Crippen molar-refractivity contribution in [2.75, 3.05) is 4.90 Å². The van der Waals surface area contributed by atoms with Crippen molar-refractivity contribution in [3.63, 3.8) is 0 Å². The summed E-state index contributed by atoms with van der Waals surface area (Å²) in [4.78, 5) is 19.8. The number of nitrogens with two attached hydrogens (primary N) is 1.